The molecule has 2 heterocycles. The zero-order chi connectivity index (χ0) is 14.0. The van der Waals surface area contributed by atoms with E-state index in [-0.39, 0.29) is 11.5 Å². The highest BCUT2D eigenvalue weighted by molar-refractivity contribution is 5.97. The number of hydrogen-bond donors (Lipinski definition) is 2. The lowest BCUT2D eigenvalue weighted by molar-refractivity contribution is 0.318. The Hall–Kier alpha value is -2.57. The minimum Gasteiger partial charge on any atom is -0.451 e. The molecular formula is C12H15N5O2. The molecule has 0 aliphatic rings. The van der Waals surface area contributed by atoms with Crippen LogP contribution in [0.2, 0.25) is 0 Å². The summed E-state index contributed by atoms with van der Waals surface area (Å²) in [6.45, 7) is 3.75. The van der Waals surface area contributed by atoms with Gasteiger partial charge in [0.2, 0.25) is 0 Å². The summed E-state index contributed by atoms with van der Waals surface area (Å²) in [6.07, 6.45) is 1.54. The summed E-state index contributed by atoms with van der Waals surface area (Å²) in [5, 5.41) is 15.9. The maximum atomic E-state index is 8.74. The first-order valence-electron chi connectivity index (χ1n) is 5.65. The van der Waals surface area contributed by atoms with Crippen molar-refractivity contribution in [2.75, 3.05) is 0 Å². The summed E-state index contributed by atoms with van der Waals surface area (Å²) in [5.74, 6) is 0.953. The zero-order valence-corrected chi connectivity index (χ0v) is 11.0. The van der Waals surface area contributed by atoms with E-state index >= 15 is 0 Å². The molecule has 0 radical (unpaired) electrons. The van der Waals surface area contributed by atoms with Gasteiger partial charge in [0.1, 0.15) is 5.69 Å². The maximum Gasteiger partial charge on any atom is 0.192 e. The molecule has 0 bridgehead atoms. The fourth-order valence-corrected chi connectivity index (χ4v) is 1.72. The first-order valence-corrected chi connectivity index (χ1v) is 5.65. The largest absolute Gasteiger partial charge is 0.451 e. The SMILES string of the molecule is Cc1nn(C)c(C)c1Oc1cccnc1/C(N)=N/O. The van der Waals surface area contributed by atoms with Gasteiger partial charge < -0.3 is 15.7 Å². The normalized spacial score (nSPS) is 11.6. The third kappa shape index (κ3) is 2.35. The number of ether oxygens (including phenoxy) is 1. The first-order chi connectivity index (χ1) is 9.04. The molecular weight excluding hydrogens is 246 g/mol. The van der Waals surface area contributed by atoms with E-state index in [1.165, 1.54) is 0 Å². The van der Waals surface area contributed by atoms with Crippen LogP contribution >= 0.6 is 0 Å². The Morgan fingerprint density at radius 3 is 2.79 bits per heavy atom. The van der Waals surface area contributed by atoms with Crippen LogP contribution in [0, 0.1) is 13.8 Å². The molecule has 0 fully saturated rings. The standard InChI is InChI=1S/C12H15N5O2/c1-7-11(8(2)17(3)15-7)19-9-5-4-6-14-10(9)12(13)16-18/h4-6,18H,1-3H3,(H2,13,16). The number of nitrogens with zero attached hydrogens (tertiary/aromatic N) is 4. The molecule has 0 amide bonds. The van der Waals surface area contributed by atoms with Crippen molar-refractivity contribution in [3.63, 3.8) is 0 Å². The molecule has 0 atom stereocenters. The van der Waals surface area contributed by atoms with Gasteiger partial charge in [-0.2, -0.15) is 5.10 Å². The quantitative estimate of drug-likeness (QED) is 0.376. The first kappa shape index (κ1) is 12.9. The number of hydrogen-bond acceptors (Lipinski definition) is 5. The van der Waals surface area contributed by atoms with E-state index in [0.29, 0.717) is 11.5 Å². The van der Waals surface area contributed by atoms with Crippen molar-refractivity contribution in [2.24, 2.45) is 17.9 Å². The fraction of sp³-hybridized carbons (Fsp3) is 0.250. The lowest BCUT2D eigenvalue weighted by atomic mass is 10.3. The molecule has 2 aromatic rings. The van der Waals surface area contributed by atoms with E-state index in [2.05, 4.69) is 15.2 Å². The summed E-state index contributed by atoms with van der Waals surface area (Å²) in [5.41, 5.74) is 7.49. The molecule has 7 heteroatoms. The third-order valence-electron chi connectivity index (χ3n) is 2.78. The molecule has 2 rings (SSSR count). The predicted octanol–water partition coefficient (Wildman–Crippen LogP) is 1.32. The van der Waals surface area contributed by atoms with Gasteiger partial charge in [-0.3, -0.25) is 4.68 Å². The molecule has 0 aliphatic carbocycles. The van der Waals surface area contributed by atoms with Gasteiger partial charge >= 0.3 is 0 Å². The van der Waals surface area contributed by atoms with Crippen molar-refractivity contribution in [2.45, 2.75) is 13.8 Å². The summed E-state index contributed by atoms with van der Waals surface area (Å²) in [4.78, 5) is 4.04. The smallest absolute Gasteiger partial charge is 0.192 e. The van der Waals surface area contributed by atoms with E-state index in [1.54, 1.807) is 23.0 Å². The van der Waals surface area contributed by atoms with Crippen LogP contribution < -0.4 is 10.5 Å². The number of aryl methyl sites for hydroxylation is 2. The van der Waals surface area contributed by atoms with Gasteiger partial charge in [0.15, 0.2) is 23.0 Å². The zero-order valence-electron chi connectivity index (χ0n) is 11.0. The van der Waals surface area contributed by atoms with E-state index in [1.807, 2.05) is 20.9 Å². The second-order valence-electron chi connectivity index (χ2n) is 4.06. The Bertz CT molecular complexity index is 633. The molecule has 0 saturated carbocycles. The van der Waals surface area contributed by atoms with Crippen molar-refractivity contribution < 1.29 is 9.94 Å². The maximum absolute atomic E-state index is 8.74. The van der Waals surface area contributed by atoms with Crippen LogP contribution in [0.5, 0.6) is 11.5 Å². The van der Waals surface area contributed by atoms with Crippen molar-refractivity contribution in [3.05, 3.63) is 35.4 Å². The lowest BCUT2D eigenvalue weighted by Gasteiger charge is -2.09. The van der Waals surface area contributed by atoms with E-state index < -0.39 is 0 Å². The average molecular weight is 261 g/mol. The molecule has 100 valence electrons. The van der Waals surface area contributed by atoms with Crippen LogP contribution in [-0.4, -0.2) is 25.8 Å². The Morgan fingerprint density at radius 1 is 1.47 bits per heavy atom. The molecule has 0 spiro atoms. The van der Waals surface area contributed by atoms with Crippen LogP contribution in [0.15, 0.2) is 23.5 Å². The highest BCUT2D eigenvalue weighted by Crippen LogP contribution is 2.29. The van der Waals surface area contributed by atoms with Gasteiger partial charge in [-0.1, -0.05) is 5.16 Å². The minimum absolute atomic E-state index is 0.102. The monoisotopic (exact) mass is 261 g/mol. The predicted molar refractivity (Wildman–Crippen MR) is 69.5 cm³/mol. The summed E-state index contributed by atoms with van der Waals surface area (Å²) >= 11 is 0. The average Bonchev–Trinajstić information content (AvgIpc) is 2.65. The number of pyridine rings is 1. The molecule has 0 saturated heterocycles. The van der Waals surface area contributed by atoms with Crippen molar-refractivity contribution in [1.29, 1.82) is 0 Å². The molecule has 0 aromatic carbocycles. The number of nitrogens with two attached hydrogens (primary N) is 1. The molecule has 0 unspecified atom stereocenters. The van der Waals surface area contributed by atoms with Crippen LogP contribution in [0.3, 0.4) is 0 Å². The molecule has 2 aromatic heterocycles. The van der Waals surface area contributed by atoms with E-state index in [4.69, 9.17) is 15.7 Å². The van der Waals surface area contributed by atoms with E-state index in [0.717, 1.165) is 11.4 Å². The van der Waals surface area contributed by atoms with Gasteiger partial charge in [0, 0.05) is 13.2 Å². The fourth-order valence-electron chi connectivity index (χ4n) is 1.72. The number of rotatable bonds is 3. The van der Waals surface area contributed by atoms with Crippen molar-refractivity contribution >= 4 is 5.84 Å². The van der Waals surface area contributed by atoms with Gasteiger partial charge in [-0.25, -0.2) is 4.98 Å². The molecule has 0 aliphatic heterocycles. The minimum atomic E-state index is -0.102. The van der Waals surface area contributed by atoms with Crippen LogP contribution in [-0.2, 0) is 7.05 Å². The number of amidine groups is 1. The Kier molecular flexibility index (Phi) is 3.37. The number of oxime groups is 1. The highest BCUT2D eigenvalue weighted by Gasteiger charge is 2.16. The van der Waals surface area contributed by atoms with Crippen molar-refractivity contribution in [1.82, 2.24) is 14.8 Å². The van der Waals surface area contributed by atoms with Gasteiger partial charge in [0.05, 0.1) is 5.69 Å². The van der Waals surface area contributed by atoms with Crippen LogP contribution in [0.25, 0.3) is 0 Å². The summed E-state index contributed by atoms with van der Waals surface area (Å²) < 4.78 is 7.52. The van der Waals surface area contributed by atoms with Crippen LogP contribution in [0.1, 0.15) is 17.1 Å². The highest BCUT2D eigenvalue weighted by atomic mass is 16.5. The Morgan fingerprint density at radius 2 is 2.21 bits per heavy atom. The Balaban J connectivity index is 2.44. The summed E-state index contributed by atoms with van der Waals surface area (Å²) in [6, 6.07) is 3.41. The van der Waals surface area contributed by atoms with Crippen LogP contribution in [0.4, 0.5) is 0 Å². The second-order valence-corrected chi connectivity index (χ2v) is 4.06. The van der Waals surface area contributed by atoms with E-state index in [9.17, 15) is 0 Å². The van der Waals surface area contributed by atoms with Crippen molar-refractivity contribution in [3.8, 4) is 11.5 Å². The third-order valence-corrected chi connectivity index (χ3v) is 2.78. The second kappa shape index (κ2) is 4.97. The molecule has 7 nitrogen and oxygen atoms in total. The molecule has 3 N–H and O–H groups in total. The summed E-state index contributed by atoms with van der Waals surface area (Å²) in [7, 11) is 1.84. The number of aromatic nitrogens is 3. The molecule has 19 heavy (non-hydrogen) atoms. The van der Waals surface area contributed by atoms with Gasteiger partial charge in [-0.05, 0) is 26.0 Å². The Labute approximate surface area is 110 Å². The van der Waals surface area contributed by atoms with Gasteiger partial charge in [0.25, 0.3) is 0 Å². The lowest BCUT2D eigenvalue weighted by Crippen LogP contribution is -2.16. The van der Waals surface area contributed by atoms with Gasteiger partial charge in [-0.15, -0.1) is 0 Å². The topological polar surface area (TPSA) is 98.5 Å².